The summed E-state index contributed by atoms with van der Waals surface area (Å²) in [5.41, 5.74) is -0.796. The van der Waals surface area contributed by atoms with Gasteiger partial charge in [-0.2, -0.15) is 13.2 Å². The zero-order valence-electron chi connectivity index (χ0n) is 16.3. The standard InChI is InChI=1S/C18H25F3N4O3.HI/c1-22-16(24-13-7-10-25(11-8-13)17(26)27-2)23-9-12-28-15-6-4-3-5-14(15)18(19,20)21;/h3-6,13H,7-12H2,1-2H3,(H2,22,23,24);1H. The molecule has 1 aromatic carbocycles. The number of nitrogens with zero attached hydrogens (tertiary/aromatic N) is 2. The van der Waals surface area contributed by atoms with Crippen LogP contribution < -0.4 is 15.4 Å². The lowest BCUT2D eigenvalue weighted by Gasteiger charge is -2.32. The number of aliphatic imine (C=N–C) groups is 1. The number of para-hydroxylation sites is 1. The van der Waals surface area contributed by atoms with Crippen molar-refractivity contribution in [2.75, 3.05) is 40.4 Å². The number of hydrogen-bond acceptors (Lipinski definition) is 4. The quantitative estimate of drug-likeness (QED) is 0.265. The average molecular weight is 530 g/mol. The van der Waals surface area contributed by atoms with Gasteiger partial charge in [0.1, 0.15) is 12.4 Å². The molecule has 0 radical (unpaired) electrons. The minimum atomic E-state index is -4.46. The normalized spacial score (nSPS) is 15.3. The molecule has 164 valence electrons. The van der Waals surface area contributed by atoms with Crippen molar-refractivity contribution in [1.82, 2.24) is 15.5 Å². The molecule has 7 nitrogen and oxygen atoms in total. The number of ether oxygens (including phenoxy) is 2. The molecule has 2 rings (SSSR count). The van der Waals surface area contributed by atoms with E-state index in [0.717, 1.165) is 18.9 Å². The number of piperidine rings is 1. The lowest BCUT2D eigenvalue weighted by atomic mass is 10.1. The molecule has 1 heterocycles. The second-order valence-electron chi connectivity index (χ2n) is 6.22. The molecule has 1 amide bonds. The van der Waals surface area contributed by atoms with E-state index in [4.69, 9.17) is 9.47 Å². The predicted molar refractivity (Wildman–Crippen MR) is 114 cm³/mol. The van der Waals surface area contributed by atoms with E-state index in [1.165, 1.54) is 25.3 Å². The van der Waals surface area contributed by atoms with E-state index < -0.39 is 11.7 Å². The van der Waals surface area contributed by atoms with Crippen molar-refractivity contribution in [3.8, 4) is 5.75 Å². The molecule has 11 heteroatoms. The zero-order valence-corrected chi connectivity index (χ0v) is 18.6. The number of methoxy groups -OCH3 is 1. The van der Waals surface area contributed by atoms with Crippen LogP contribution >= 0.6 is 24.0 Å². The first-order valence-electron chi connectivity index (χ1n) is 8.94. The first-order valence-corrected chi connectivity index (χ1v) is 8.94. The molecule has 0 spiro atoms. The average Bonchev–Trinajstić information content (AvgIpc) is 2.69. The predicted octanol–water partition coefficient (Wildman–Crippen LogP) is 3.10. The van der Waals surface area contributed by atoms with Crippen LogP contribution in [0.5, 0.6) is 5.75 Å². The van der Waals surface area contributed by atoms with Gasteiger partial charge in [0.15, 0.2) is 5.96 Å². The summed E-state index contributed by atoms with van der Waals surface area (Å²) >= 11 is 0. The van der Waals surface area contributed by atoms with Crippen LogP contribution in [0.2, 0.25) is 0 Å². The summed E-state index contributed by atoms with van der Waals surface area (Å²) in [6.45, 7) is 1.50. The van der Waals surface area contributed by atoms with E-state index >= 15 is 0 Å². The molecule has 0 unspecified atom stereocenters. The number of likely N-dealkylation sites (tertiary alicyclic amines) is 1. The van der Waals surface area contributed by atoms with Gasteiger partial charge in [-0.1, -0.05) is 12.1 Å². The molecule has 1 saturated heterocycles. The molecule has 29 heavy (non-hydrogen) atoms. The maximum Gasteiger partial charge on any atom is 0.419 e. The minimum absolute atomic E-state index is 0. The number of benzene rings is 1. The molecule has 0 aliphatic carbocycles. The Kier molecular flexibility index (Phi) is 10.3. The second kappa shape index (κ2) is 11.9. The highest BCUT2D eigenvalue weighted by molar-refractivity contribution is 14.0. The van der Waals surface area contributed by atoms with Gasteiger partial charge in [0.05, 0.1) is 19.2 Å². The third kappa shape index (κ3) is 7.78. The van der Waals surface area contributed by atoms with Gasteiger partial charge in [-0.3, -0.25) is 4.99 Å². The lowest BCUT2D eigenvalue weighted by Crippen LogP contribution is -2.50. The SMILES string of the molecule is CN=C(NCCOc1ccccc1C(F)(F)F)NC1CCN(C(=O)OC)CC1.I. The fourth-order valence-electron chi connectivity index (χ4n) is 2.88. The van der Waals surface area contributed by atoms with Crippen LogP contribution in [0, 0.1) is 0 Å². The number of guanidine groups is 1. The maximum atomic E-state index is 12.9. The van der Waals surface area contributed by atoms with Crippen LogP contribution in [0.1, 0.15) is 18.4 Å². The van der Waals surface area contributed by atoms with E-state index in [9.17, 15) is 18.0 Å². The van der Waals surface area contributed by atoms with E-state index in [-0.39, 0.29) is 55.0 Å². The van der Waals surface area contributed by atoms with Gasteiger partial charge < -0.3 is 25.0 Å². The van der Waals surface area contributed by atoms with E-state index in [0.29, 0.717) is 19.0 Å². The number of alkyl halides is 3. The van der Waals surface area contributed by atoms with Crippen molar-refractivity contribution in [2.45, 2.75) is 25.1 Å². The molecule has 1 aromatic rings. The van der Waals surface area contributed by atoms with Gasteiger partial charge in [-0.05, 0) is 25.0 Å². The van der Waals surface area contributed by atoms with Crippen molar-refractivity contribution in [2.24, 2.45) is 4.99 Å². The molecule has 1 aliphatic rings. The van der Waals surface area contributed by atoms with Crippen LogP contribution in [0.15, 0.2) is 29.3 Å². The highest BCUT2D eigenvalue weighted by atomic mass is 127. The van der Waals surface area contributed by atoms with Crippen molar-refractivity contribution >= 4 is 36.0 Å². The van der Waals surface area contributed by atoms with Crippen molar-refractivity contribution in [3.05, 3.63) is 29.8 Å². The van der Waals surface area contributed by atoms with Gasteiger partial charge in [-0.25, -0.2) is 4.79 Å². The first-order chi connectivity index (χ1) is 13.3. The monoisotopic (exact) mass is 530 g/mol. The fraction of sp³-hybridized carbons (Fsp3) is 0.556. The number of amides is 1. The second-order valence-corrected chi connectivity index (χ2v) is 6.22. The Morgan fingerprint density at radius 1 is 1.28 bits per heavy atom. The van der Waals surface area contributed by atoms with E-state index in [1.807, 2.05) is 0 Å². The summed E-state index contributed by atoms with van der Waals surface area (Å²) in [4.78, 5) is 17.2. The third-order valence-corrected chi connectivity index (χ3v) is 4.34. The molecule has 1 fully saturated rings. The van der Waals surface area contributed by atoms with Crippen LogP contribution in [0.25, 0.3) is 0 Å². The highest BCUT2D eigenvalue weighted by Gasteiger charge is 2.34. The van der Waals surface area contributed by atoms with Crippen LogP contribution in [-0.4, -0.2) is 63.4 Å². The summed E-state index contributed by atoms with van der Waals surface area (Å²) in [7, 11) is 2.96. The van der Waals surface area contributed by atoms with Gasteiger partial charge in [0, 0.05) is 26.2 Å². The van der Waals surface area contributed by atoms with Crippen LogP contribution in [0.4, 0.5) is 18.0 Å². The van der Waals surface area contributed by atoms with Gasteiger partial charge >= 0.3 is 12.3 Å². The van der Waals surface area contributed by atoms with E-state index in [2.05, 4.69) is 15.6 Å². The summed E-state index contributed by atoms with van der Waals surface area (Å²) in [5, 5.41) is 6.26. The Hall–Kier alpha value is -1.92. The first kappa shape index (κ1) is 25.1. The van der Waals surface area contributed by atoms with Crippen molar-refractivity contribution in [3.63, 3.8) is 0 Å². The van der Waals surface area contributed by atoms with E-state index in [1.54, 1.807) is 11.9 Å². The number of hydrogen-bond donors (Lipinski definition) is 2. The largest absolute Gasteiger partial charge is 0.491 e. The summed E-state index contributed by atoms with van der Waals surface area (Å²) in [5.74, 6) is 0.333. The minimum Gasteiger partial charge on any atom is -0.491 e. The lowest BCUT2D eigenvalue weighted by molar-refractivity contribution is -0.138. The third-order valence-electron chi connectivity index (χ3n) is 4.34. The zero-order chi connectivity index (χ0) is 20.6. The molecular formula is C18H26F3IN4O3. The summed E-state index contributed by atoms with van der Waals surface area (Å²) < 4.78 is 48.8. The Bertz CT molecular complexity index is 681. The fourth-order valence-corrected chi connectivity index (χ4v) is 2.88. The smallest absolute Gasteiger partial charge is 0.419 e. The summed E-state index contributed by atoms with van der Waals surface area (Å²) in [6.07, 6.45) is -3.31. The molecule has 0 bridgehead atoms. The molecule has 0 aromatic heterocycles. The summed E-state index contributed by atoms with van der Waals surface area (Å²) in [6, 6.07) is 5.25. The number of halogens is 4. The van der Waals surface area contributed by atoms with Crippen LogP contribution in [0.3, 0.4) is 0 Å². The van der Waals surface area contributed by atoms with Gasteiger partial charge in [0.25, 0.3) is 0 Å². The molecule has 0 atom stereocenters. The Morgan fingerprint density at radius 2 is 1.93 bits per heavy atom. The topological polar surface area (TPSA) is 75.2 Å². The molecule has 1 aliphatic heterocycles. The Morgan fingerprint density at radius 3 is 2.52 bits per heavy atom. The van der Waals surface area contributed by atoms with Gasteiger partial charge in [0.2, 0.25) is 0 Å². The van der Waals surface area contributed by atoms with Crippen molar-refractivity contribution in [1.29, 1.82) is 0 Å². The highest BCUT2D eigenvalue weighted by Crippen LogP contribution is 2.35. The number of carbonyl (C=O) groups is 1. The number of rotatable bonds is 5. The van der Waals surface area contributed by atoms with Crippen LogP contribution in [-0.2, 0) is 10.9 Å². The number of carbonyl (C=O) groups excluding carboxylic acids is 1. The maximum absolute atomic E-state index is 12.9. The Labute approximate surface area is 185 Å². The van der Waals surface area contributed by atoms with Crippen molar-refractivity contribution < 1.29 is 27.4 Å². The number of nitrogens with one attached hydrogen (secondary N) is 2. The van der Waals surface area contributed by atoms with Gasteiger partial charge in [-0.15, -0.1) is 24.0 Å². The molecule has 2 N–H and O–H groups in total. The molecule has 0 saturated carbocycles. The Balaban J connectivity index is 0.00000420. The molecular weight excluding hydrogens is 504 g/mol.